The Bertz CT molecular complexity index is 666. The fourth-order valence-corrected chi connectivity index (χ4v) is 3.06. The Morgan fingerprint density at radius 1 is 0.920 bits per heavy atom. The number of nitrogens with one attached hydrogen (secondary N) is 1. The zero-order valence-corrected chi connectivity index (χ0v) is 15.4. The van der Waals surface area contributed by atoms with Crippen LogP contribution >= 0.6 is 11.3 Å². The van der Waals surface area contributed by atoms with E-state index in [0.717, 1.165) is 11.3 Å². The van der Waals surface area contributed by atoms with Crippen LogP contribution in [0, 0.1) is 6.92 Å². The van der Waals surface area contributed by atoms with Crippen LogP contribution in [0.4, 0.5) is 5.00 Å². The molecule has 0 saturated carbocycles. The Morgan fingerprint density at radius 2 is 1.48 bits per heavy atom. The van der Waals surface area contributed by atoms with Gasteiger partial charge in [-0.1, -0.05) is 0 Å². The van der Waals surface area contributed by atoms with Crippen LogP contribution in [0.3, 0.4) is 0 Å². The molecule has 0 aliphatic rings. The average molecular weight is 371 g/mol. The predicted molar refractivity (Wildman–Crippen MR) is 90.8 cm³/mol. The lowest BCUT2D eigenvalue weighted by molar-refractivity contribution is -0.145. The molecule has 0 aliphatic heterocycles. The summed E-state index contributed by atoms with van der Waals surface area (Å²) in [6.07, 6.45) is -0.498. The first-order valence-corrected chi connectivity index (χ1v) is 8.60. The lowest BCUT2D eigenvalue weighted by Crippen LogP contribution is -2.19. The van der Waals surface area contributed by atoms with E-state index in [1.165, 1.54) is 0 Å². The lowest BCUT2D eigenvalue weighted by atomic mass is 10.1. The van der Waals surface area contributed by atoms with E-state index in [9.17, 15) is 19.2 Å². The molecule has 1 N–H and O–H groups in total. The van der Waals surface area contributed by atoms with Crippen LogP contribution < -0.4 is 5.32 Å². The number of thiophene rings is 1. The van der Waals surface area contributed by atoms with E-state index in [2.05, 4.69) is 5.32 Å². The molecular formula is C16H21NO7S. The second kappa shape index (κ2) is 9.77. The number of rotatable bonds is 8. The zero-order chi connectivity index (χ0) is 19.0. The molecule has 138 valence electrons. The molecule has 0 saturated heterocycles. The molecule has 8 nitrogen and oxygen atoms in total. The van der Waals surface area contributed by atoms with Crippen molar-refractivity contribution in [2.45, 2.75) is 34.1 Å². The number of carbonyl (C=O) groups is 4. The monoisotopic (exact) mass is 371 g/mol. The average Bonchev–Trinajstić information content (AvgIpc) is 2.84. The Labute approximate surface area is 149 Å². The smallest absolute Gasteiger partial charge is 0.348 e. The number of amides is 1. The van der Waals surface area contributed by atoms with Crippen molar-refractivity contribution in [2.24, 2.45) is 0 Å². The molecule has 0 aromatic carbocycles. The number of hydrogen-bond donors (Lipinski definition) is 1. The molecule has 0 bridgehead atoms. The zero-order valence-electron chi connectivity index (χ0n) is 14.6. The molecule has 0 radical (unpaired) electrons. The van der Waals surface area contributed by atoms with E-state index in [1.54, 1.807) is 27.7 Å². The van der Waals surface area contributed by atoms with Gasteiger partial charge in [-0.05, 0) is 33.3 Å². The van der Waals surface area contributed by atoms with E-state index in [4.69, 9.17) is 14.2 Å². The first-order chi connectivity index (χ1) is 11.8. The number of carbonyl (C=O) groups excluding carboxylic acids is 4. The third-order valence-corrected chi connectivity index (χ3v) is 4.14. The summed E-state index contributed by atoms with van der Waals surface area (Å²) in [6, 6.07) is 0. The van der Waals surface area contributed by atoms with Crippen molar-refractivity contribution in [3.63, 3.8) is 0 Å². The van der Waals surface area contributed by atoms with Crippen LogP contribution in [0.2, 0.25) is 0 Å². The van der Waals surface area contributed by atoms with Gasteiger partial charge in [0.15, 0.2) is 0 Å². The van der Waals surface area contributed by atoms with Crippen LogP contribution in [0.25, 0.3) is 0 Å². The van der Waals surface area contributed by atoms with Gasteiger partial charge in [-0.15, -0.1) is 11.3 Å². The van der Waals surface area contributed by atoms with Gasteiger partial charge in [-0.3, -0.25) is 9.59 Å². The minimum atomic E-state index is -0.684. The number of hydrogen-bond acceptors (Lipinski definition) is 8. The molecule has 1 amide bonds. The van der Waals surface area contributed by atoms with Gasteiger partial charge in [0.1, 0.15) is 16.3 Å². The highest BCUT2D eigenvalue weighted by Crippen LogP contribution is 2.34. The minimum Gasteiger partial charge on any atom is -0.466 e. The van der Waals surface area contributed by atoms with Gasteiger partial charge >= 0.3 is 17.9 Å². The van der Waals surface area contributed by atoms with Crippen molar-refractivity contribution in [1.29, 1.82) is 0 Å². The first-order valence-electron chi connectivity index (χ1n) is 7.78. The standard InChI is InChI=1S/C16H21NO7S/c1-5-22-11(19)8-10(18)17-14-12(15(20)23-6-2)9(4)13(25-14)16(21)24-7-3/h5-8H2,1-4H3,(H,17,18). The van der Waals surface area contributed by atoms with Gasteiger partial charge in [0, 0.05) is 0 Å². The van der Waals surface area contributed by atoms with Crippen LogP contribution in [0.15, 0.2) is 0 Å². The molecule has 0 spiro atoms. The minimum absolute atomic E-state index is 0.0760. The number of anilines is 1. The summed E-state index contributed by atoms with van der Waals surface area (Å²) < 4.78 is 14.6. The predicted octanol–water partition coefficient (Wildman–Crippen LogP) is 2.30. The molecule has 9 heteroatoms. The third-order valence-electron chi connectivity index (χ3n) is 2.95. The molecule has 0 unspecified atom stereocenters. The highest BCUT2D eigenvalue weighted by molar-refractivity contribution is 7.18. The van der Waals surface area contributed by atoms with Crippen molar-refractivity contribution in [3.05, 3.63) is 16.0 Å². The largest absolute Gasteiger partial charge is 0.466 e. The normalized spacial score (nSPS) is 10.1. The third kappa shape index (κ3) is 5.56. The summed E-state index contributed by atoms with van der Waals surface area (Å²) in [5, 5.41) is 2.60. The Balaban J connectivity index is 3.12. The number of esters is 3. The topological polar surface area (TPSA) is 108 Å². The molecule has 0 atom stereocenters. The molecule has 25 heavy (non-hydrogen) atoms. The van der Waals surface area contributed by atoms with E-state index in [0.29, 0.717) is 5.56 Å². The summed E-state index contributed by atoms with van der Waals surface area (Å²) >= 11 is 0.898. The first kappa shape index (κ1) is 20.6. The maximum Gasteiger partial charge on any atom is 0.348 e. The van der Waals surface area contributed by atoms with E-state index >= 15 is 0 Å². The Morgan fingerprint density at radius 3 is 2.04 bits per heavy atom. The summed E-state index contributed by atoms with van der Waals surface area (Å²) in [5.41, 5.74) is 0.431. The Hall–Kier alpha value is -2.42. The molecular weight excluding hydrogens is 350 g/mol. The second-order valence-corrected chi connectivity index (χ2v) is 5.75. The Kier molecular flexibility index (Phi) is 8.06. The lowest BCUT2D eigenvalue weighted by Gasteiger charge is -2.07. The summed E-state index contributed by atoms with van der Waals surface area (Å²) in [6.45, 7) is 6.97. The van der Waals surface area contributed by atoms with Crippen LogP contribution in [-0.2, 0) is 23.8 Å². The van der Waals surface area contributed by atoms with Crippen molar-refractivity contribution in [2.75, 3.05) is 25.1 Å². The molecule has 1 rings (SSSR count). The van der Waals surface area contributed by atoms with E-state index < -0.39 is 30.2 Å². The summed E-state index contributed by atoms with van der Waals surface area (Å²) in [5.74, 6) is -2.60. The van der Waals surface area contributed by atoms with Gasteiger partial charge < -0.3 is 19.5 Å². The van der Waals surface area contributed by atoms with Crippen molar-refractivity contribution < 1.29 is 33.4 Å². The highest BCUT2D eigenvalue weighted by atomic mass is 32.1. The van der Waals surface area contributed by atoms with Gasteiger partial charge in [-0.25, -0.2) is 9.59 Å². The second-order valence-electron chi connectivity index (χ2n) is 4.73. The quantitative estimate of drug-likeness (QED) is 0.424. The molecule has 1 aromatic heterocycles. The highest BCUT2D eigenvalue weighted by Gasteiger charge is 2.27. The number of ether oxygens (including phenoxy) is 3. The van der Waals surface area contributed by atoms with Gasteiger partial charge in [0.05, 0.1) is 25.4 Å². The molecule has 1 aromatic rings. The van der Waals surface area contributed by atoms with E-state index in [-0.39, 0.29) is 35.3 Å². The van der Waals surface area contributed by atoms with Crippen molar-refractivity contribution in [1.82, 2.24) is 0 Å². The van der Waals surface area contributed by atoms with Gasteiger partial charge in [0.2, 0.25) is 5.91 Å². The van der Waals surface area contributed by atoms with Crippen molar-refractivity contribution in [3.8, 4) is 0 Å². The van der Waals surface area contributed by atoms with Crippen LogP contribution in [0.5, 0.6) is 0 Å². The summed E-state index contributed by atoms with van der Waals surface area (Å²) in [4.78, 5) is 47.7. The maximum atomic E-state index is 12.2. The molecule has 0 fully saturated rings. The fourth-order valence-electron chi connectivity index (χ4n) is 1.96. The summed E-state index contributed by atoms with van der Waals surface area (Å²) in [7, 11) is 0. The molecule has 0 aliphatic carbocycles. The SMILES string of the molecule is CCOC(=O)CC(=O)Nc1sc(C(=O)OCC)c(C)c1C(=O)OCC. The maximum absolute atomic E-state index is 12.2. The molecule has 1 heterocycles. The van der Waals surface area contributed by atoms with Crippen LogP contribution in [0.1, 0.15) is 52.8 Å². The van der Waals surface area contributed by atoms with Gasteiger partial charge in [-0.2, -0.15) is 0 Å². The van der Waals surface area contributed by atoms with E-state index in [1.807, 2.05) is 0 Å². The fraction of sp³-hybridized carbons (Fsp3) is 0.500. The van der Waals surface area contributed by atoms with Crippen LogP contribution in [-0.4, -0.2) is 43.6 Å². The van der Waals surface area contributed by atoms with Gasteiger partial charge in [0.25, 0.3) is 0 Å². The van der Waals surface area contributed by atoms with Crippen molar-refractivity contribution >= 4 is 40.2 Å².